The average molecular weight is 368 g/mol. The highest BCUT2D eigenvalue weighted by molar-refractivity contribution is 7.15. The number of para-hydroxylation sites is 1. The number of nitrogens with zero attached hydrogens (tertiary/aromatic N) is 2. The summed E-state index contributed by atoms with van der Waals surface area (Å²) < 4.78 is 0. The normalized spacial score (nSPS) is 15.5. The number of aromatic nitrogens is 1. The number of nitrogens with one attached hydrogen (secondary N) is 2. The van der Waals surface area contributed by atoms with Crippen LogP contribution in [0.5, 0.6) is 0 Å². The van der Waals surface area contributed by atoms with Gasteiger partial charge in [-0.2, -0.15) is 0 Å². The van der Waals surface area contributed by atoms with E-state index in [2.05, 4.69) is 20.5 Å². The molecule has 2 heterocycles. The molecule has 4 N–H and O–H groups in total. The molecule has 3 rings (SSSR count). The van der Waals surface area contributed by atoms with Crippen LogP contribution in [0.4, 0.5) is 15.6 Å². The maximum Gasteiger partial charge on any atom is 0.319 e. The van der Waals surface area contributed by atoms with Crippen LogP contribution in [-0.2, 0) is 6.54 Å². The Labute approximate surface area is 151 Å². The van der Waals surface area contributed by atoms with E-state index < -0.39 is 0 Å². The van der Waals surface area contributed by atoms with E-state index in [9.17, 15) is 4.79 Å². The Hall–Kier alpha value is -1.83. The molecule has 2 amide bonds. The average Bonchev–Trinajstić information content (AvgIpc) is 2.95. The van der Waals surface area contributed by atoms with Crippen LogP contribution in [0.1, 0.15) is 17.7 Å². The van der Waals surface area contributed by atoms with E-state index in [1.54, 1.807) is 0 Å². The molecule has 1 aliphatic rings. The third-order valence-electron chi connectivity index (χ3n) is 3.91. The van der Waals surface area contributed by atoms with Gasteiger partial charge < -0.3 is 16.4 Å². The van der Waals surface area contributed by atoms with Crippen LogP contribution in [0.25, 0.3) is 0 Å². The van der Waals surface area contributed by atoms with Crippen molar-refractivity contribution < 1.29 is 4.79 Å². The van der Waals surface area contributed by atoms with Gasteiger partial charge in [-0.15, -0.1) is 23.7 Å². The summed E-state index contributed by atoms with van der Waals surface area (Å²) in [5.74, 6) is 0. The monoisotopic (exact) mass is 367 g/mol. The van der Waals surface area contributed by atoms with Crippen LogP contribution in [0, 0.1) is 0 Å². The Morgan fingerprint density at radius 2 is 2.00 bits per heavy atom. The minimum absolute atomic E-state index is 0. The van der Waals surface area contributed by atoms with Crippen molar-refractivity contribution in [3.8, 4) is 0 Å². The van der Waals surface area contributed by atoms with Crippen LogP contribution in [-0.4, -0.2) is 35.0 Å². The highest BCUT2D eigenvalue weighted by Crippen LogP contribution is 2.19. The van der Waals surface area contributed by atoms with Gasteiger partial charge in [0.05, 0.1) is 0 Å². The summed E-state index contributed by atoms with van der Waals surface area (Å²) in [7, 11) is 0. The minimum Gasteiger partial charge on any atom is -0.375 e. The number of nitrogen functional groups attached to an aromatic ring is 1. The zero-order valence-corrected chi connectivity index (χ0v) is 14.9. The van der Waals surface area contributed by atoms with Gasteiger partial charge in [0.25, 0.3) is 0 Å². The van der Waals surface area contributed by atoms with Gasteiger partial charge in [0, 0.05) is 42.4 Å². The standard InChI is InChI=1S/C16H21N5OS.ClH/c17-15-18-10-14(23-15)11-21-8-6-13(7-9-21)20-16(22)19-12-4-2-1-3-5-12;/h1-5,10,13H,6-9,11H2,(H2,17,18)(H2,19,20,22);1H. The second kappa shape index (κ2) is 8.86. The molecule has 1 saturated heterocycles. The lowest BCUT2D eigenvalue weighted by atomic mass is 10.1. The van der Waals surface area contributed by atoms with Crippen LogP contribution in [0.15, 0.2) is 36.5 Å². The summed E-state index contributed by atoms with van der Waals surface area (Å²) >= 11 is 1.54. The van der Waals surface area contributed by atoms with Gasteiger partial charge in [0.15, 0.2) is 5.13 Å². The lowest BCUT2D eigenvalue weighted by Crippen LogP contribution is -2.45. The molecule has 0 bridgehead atoms. The first-order chi connectivity index (χ1) is 11.2. The first-order valence-corrected chi connectivity index (χ1v) is 8.56. The molecule has 1 aromatic heterocycles. The van der Waals surface area contributed by atoms with Crippen LogP contribution in [0.2, 0.25) is 0 Å². The fourth-order valence-electron chi connectivity index (χ4n) is 2.73. The molecule has 2 aromatic rings. The number of nitrogens with two attached hydrogens (primary N) is 1. The van der Waals surface area contributed by atoms with Crippen molar-refractivity contribution in [1.82, 2.24) is 15.2 Å². The highest BCUT2D eigenvalue weighted by Gasteiger charge is 2.21. The predicted octanol–water partition coefficient (Wildman–Crippen LogP) is 2.93. The van der Waals surface area contributed by atoms with E-state index in [1.807, 2.05) is 36.5 Å². The molecular weight excluding hydrogens is 346 g/mol. The third-order valence-corrected chi connectivity index (χ3v) is 4.72. The summed E-state index contributed by atoms with van der Waals surface area (Å²) in [5, 5.41) is 6.53. The molecule has 1 fully saturated rings. The molecule has 24 heavy (non-hydrogen) atoms. The Bertz CT molecular complexity index is 643. The SMILES string of the molecule is Cl.Nc1ncc(CN2CCC(NC(=O)Nc3ccccc3)CC2)s1. The molecule has 8 heteroatoms. The number of likely N-dealkylation sites (tertiary alicyclic amines) is 1. The Balaban J connectivity index is 0.00000208. The number of carbonyl (C=O) groups excluding carboxylic acids is 1. The molecule has 0 aliphatic carbocycles. The third kappa shape index (κ3) is 5.36. The van der Waals surface area contributed by atoms with Gasteiger partial charge in [-0.1, -0.05) is 18.2 Å². The van der Waals surface area contributed by atoms with Gasteiger partial charge in [-0.25, -0.2) is 9.78 Å². The van der Waals surface area contributed by atoms with E-state index >= 15 is 0 Å². The Kier molecular flexibility index (Phi) is 6.84. The minimum atomic E-state index is -0.134. The molecule has 0 unspecified atom stereocenters. The summed E-state index contributed by atoms with van der Waals surface area (Å²) in [6.07, 6.45) is 3.75. The lowest BCUT2D eigenvalue weighted by Gasteiger charge is -2.31. The van der Waals surface area contributed by atoms with Gasteiger partial charge in [0.2, 0.25) is 0 Å². The number of piperidine rings is 1. The molecular formula is C16H22ClN5OS. The topological polar surface area (TPSA) is 83.3 Å². The van der Waals surface area contributed by atoms with Crippen LogP contribution < -0.4 is 16.4 Å². The van der Waals surface area contributed by atoms with E-state index in [0.29, 0.717) is 5.13 Å². The first kappa shape index (κ1) is 18.5. The molecule has 1 aliphatic heterocycles. The molecule has 6 nitrogen and oxygen atoms in total. The first-order valence-electron chi connectivity index (χ1n) is 7.74. The zero-order chi connectivity index (χ0) is 16.1. The summed E-state index contributed by atoms with van der Waals surface area (Å²) in [6.45, 7) is 2.82. The quantitative estimate of drug-likeness (QED) is 0.775. The van der Waals surface area contributed by atoms with Crippen molar-refractivity contribution in [2.75, 3.05) is 24.1 Å². The maximum atomic E-state index is 12.0. The number of anilines is 2. The molecule has 130 valence electrons. The smallest absolute Gasteiger partial charge is 0.319 e. The second-order valence-corrected chi connectivity index (χ2v) is 6.83. The van der Waals surface area contributed by atoms with E-state index in [1.165, 1.54) is 16.2 Å². The number of amides is 2. The Morgan fingerprint density at radius 1 is 1.29 bits per heavy atom. The molecule has 0 atom stereocenters. The number of rotatable bonds is 4. The number of halogens is 1. The number of urea groups is 1. The van der Waals surface area contributed by atoms with E-state index in [0.717, 1.165) is 38.2 Å². The summed E-state index contributed by atoms with van der Waals surface area (Å²) in [6, 6.07) is 9.58. The largest absolute Gasteiger partial charge is 0.375 e. The van der Waals surface area contributed by atoms with Crippen molar-refractivity contribution >= 4 is 40.6 Å². The number of hydrogen-bond acceptors (Lipinski definition) is 5. The van der Waals surface area contributed by atoms with Crippen molar-refractivity contribution in [3.05, 3.63) is 41.4 Å². The summed E-state index contributed by atoms with van der Waals surface area (Å²) in [5.41, 5.74) is 6.47. The molecule has 0 saturated carbocycles. The van der Waals surface area contributed by atoms with Gasteiger partial charge in [-0.05, 0) is 25.0 Å². The van der Waals surface area contributed by atoms with E-state index in [-0.39, 0.29) is 24.5 Å². The highest BCUT2D eigenvalue weighted by atomic mass is 35.5. The molecule has 1 aromatic carbocycles. The lowest BCUT2D eigenvalue weighted by molar-refractivity contribution is 0.191. The number of thiazole rings is 1. The maximum absolute atomic E-state index is 12.0. The van der Waals surface area contributed by atoms with Crippen molar-refractivity contribution in [2.24, 2.45) is 0 Å². The fraction of sp³-hybridized carbons (Fsp3) is 0.375. The zero-order valence-electron chi connectivity index (χ0n) is 13.3. The fourth-order valence-corrected chi connectivity index (χ4v) is 3.45. The van der Waals surface area contributed by atoms with Gasteiger partial charge >= 0.3 is 6.03 Å². The predicted molar refractivity (Wildman–Crippen MR) is 101 cm³/mol. The second-order valence-electron chi connectivity index (χ2n) is 5.68. The van der Waals surface area contributed by atoms with E-state index in [4.69, 9.17) is 5.73 Å². The number of carbonyl (C=O) groups is 1. The van der Waals surface area contributed by atoms with Crippen molar-refractivity contribution in [3.63, 3.8) is 0 Å². The Morgan fingerprint density at radius 3 is 2.62 bits per heavy atom. The van der Waals surface area contributed by atoms with Crippen molar-refractivity contribution in [1.29, 1.82) is 0 Å². The molecule has 0 spiro atoms. The van der Waals surface area contributed by atoms with Crippen molar-refractivity contribution in [2.45, 2.75) is 25.4 Å². The number of benzene rings is 1. The number of hydrogen-bond donors (Lipinski definition) is 3. The van der Waals surface area contributed by atoms with Gasteiger partial charge in [0.1, 0.15) is 0 Å². The van der Waals surface area contributed by atoms with Crippen LogP contribution in [0.3, 0.4) is 0 Å². The molecule has 0 radical (unpaired) electrons. The van der Waals surface area contributed by atoms with Crippen LogP contribution >= 0.6 is 23.7 Å². The van der Waals surface area contributed by atoms with Gasteiger partial charge in [-0.3, -0.25) is 4.90 Å². The summed E-state index contributed by atoms with van der Waals surface area (Å²) in [4.78, 5) is 19.6.